The first kappa shape index (κ1) is 7.08. The van der Waals surface area contributed by atoms with Crippen LogP contribution in [0.3, 0.4) is 0 Å². The van der Waals surface area contributed by atoms with Crippen LogP contribution in [0.1, 0.15) is 6.92 Å². The zero-order chi connectivity index (χ0) is 7.56. The first-order valence-electron chi connectivity index (χ1n) is 3.14. The molecule has 1 rings (SSSR count). The van der Waals surface area contributed by atoms with E-state index in [9.17, 15) is 0 Å². The Hall–Kier alpha value is -1.03. The smallest absolute Gasteiger partial charge is 0.0719 e. The molecule has 1 atom stereocenters. The second-order valence-electron chi connectivity index (χ2n) is 2.34. The van der Waals surface area contributed by atoms with Crippen molar-refractivity contribution in [2.45, 2.75) is 19.6 Å². The van der Waals surface area contributed by atoms with Crippen molar-refractivity contribution in [2.24, 2.45) is 0 Å². The molecule has 1 aromatic rings. The zero-order valence-corrected chi connectivity index (χ0v) is 5.86. The topological polar surface area (TPSA) is 64.1 Å². The van der Waals surface area contributed by atoms with Crippen LogP contribution in [-0.2, 0) is 6.54 Å². The van der Waals surface area contributed by atoms with Crippen molar-refractivity contribution < 1.29 is 5.11 Å². The van der Waals surface area contributed by atoms with Crippen LogP contribution in [0.5, 0.6) is 0 Å². The molecule has 0 unspecified atom stereocenters. The maximum atomic E-state index is 8.91. The molecule has 0 saturated heterocycles. The molecule has 1 heterocycles. The highest BCUT2D eigenvalue weighted by Gasteiger charge is 1.97. The average molecular weight is 141 g/mol. The van der Waals surface area contributed by atoms with E-state index in [1.807, 2.05) is 0 Å². The van der Waals surface area contributed by atoms with Gasteiger partial charge in [0.25, 0.3) is 0 Å². The number of hydrogen-bond acceptors (Lipinski definition) is 3. The van der Waals surface area contributed by atoms with Crippen molar-refractivity contribution in [3.8, 4) is 0 Å². The number of aliphatic hydroxyl groups excluding tert-OH is 1. The Morgan fingerprint density at radius 2 is 2.60 bits per heavy atom. The minimum atomic E-state index is -0.376. The van der Waals surface area contributed by atoms with E-state index < -0.39 is 0 Å². The summed E-state index contributed by atoms with van der Waals surface area (Å²) in [5, 5.41) is 12.8. The van der Waals surface area contributed by atoms with E-state index in [1.165, 1.54) is 0 Å². The van der Waals surface area contributed by atoms with Crippen LogP contribution in [0.15, 0.2) is 12.4 Å². The van der Waals surface area contributed by atoms with Crippen LogP contribution in [0.2, 0.25) is 0 Å². The lowest BCUT2D eigenvalue weighted by molar-refractivity contribution is 0.168. The normalized spacial score (nSPS) is 13.4. The third kappa shape index (κ3) is 1.73. The highest BCUT2D eigenvalue weighted by atomic mass is 16.3. The summed E-state index contributed by atoms with van der Waals surface area (Å²) in [6.07, 6.45) is 2.87. The third-order valence-corrected chi connectivity index (χ3v) is 1.10. The zero-order valence-electron chi connectivity index (χ0n) is 5.86. The van der Waals surface area contributed by atoms with E-state index in [1.54, 1.807) is 24.0 Å². The van der Waals surface area contributed by atoms with Gasteiger partial charge in [-0.15, -0.1) is 0 Å². The maximum absolute atomic E-state index is 8.91. The predicted molar refractivity (Wildman–Crippen MR) is 38.3 cm³/mol. The Bertz CT molecular complexity index is 207. The molecule has 0 amide bonds. The molecule has 0 fully saturated rings. The molecule has 0 aliphatic rings. The molecule has 3 N–H and O–H groups in total. The molecule has 0 aromatic carbocycles. The fourth-order valence-electron chi connectivity index (χ4n) is 0.750. The summed E-state index contributed by atoms with van der Waals surface area (Å²) >= 11 is 0. The van der Waals surface area contributed by atoms with Crippen LogP contribution in [0.4, 0.5) is 5.69 Å². The van der Waals surface area contributed by atoms with Gasteiger partial charge >= 0.3 is 0 Å². The fraction of sp³-hybridized carbons (Fsp3) is 0.500. The van der Waals surface area contributed by atoms with Crippen LogP contribution in [0.25, 0.3) is 0 Å². The molecule has 0 aliphatic carbocycles. The molecule has 0 spiro atoms. The van der Waals surface area contributed by atoms with Crippen LogP contribution in [0, 0.1) is 0 Å². The fourth-order valence-corrected chi connectivity index (χ4v) is 0.750. The molecule has 10 heavy (non-hydrogen) atoms. The highest BCUT2D eigenvalue weighted by molar-refractivity contribution is 5.30. The van der Waals surface area contributed by atoms with Gasteiger partial charge in [0.2, 0.25) is 0 Å². The molecule has 0 radical (unpaired) electrons. The molecule has 1 aromatic heterocycles. The van der Waals surface area contributed by atoms with Crippen molar-refractivity contribution in [3.05, 3.63) is 12.4 Å². The third-order valence-electron chi connectivity index (χ3n) is 1.10. The van der Waals surface area contributed by atoms with E-state index in [0.717, 1.165) is 0 Å². The standard InChI is InChI=1S/C6H11N3O/c1-5(10)3-9-4-6(7)2-8-9/h2,4-5,10H,3,7H2,1H3/t5-/m0/s1. The molecular formula is C6H11N3O. The van der Waals surface area contributed by atoms with E-state index in [2.05, 4.69) is 5.10 Å². The number of anilines is 1. The Morgan fingerprint density at radius 1 is 1.90 bits per heavy atom. The summed E-state index contributed by atoms with van der Waals surface area (Å²) in [6.45, 7) is 2.20. The maximum Gasteiger partial charge on any atom is 0.0719 e. The van der Waals surface area contributed by atoms with Crippen molar-refractivity contribution in [2.75, 3.05) is 5.73 Å². The monoisotopic (exact) mass is 141 g/mol. The van der Waals surface area contributed by atoms with Gasteiger partial charge < -0.3 is 10.8 Å². The number of aliphatic hydroxyl groups is 1. The summed E-state index contributed by atoms with van der Waals surface area (Å²) in [5.41, 5.74) is 6.01. The Balaban J connectivity index is 2.58. The van der Waals surface area contributed by atoms with Gasteiger partial charge in [0.05, 0.1) is 24.5 Å². The van der Waals surface area contributed by atoms with Gasteiger partial charge in [-0.2, -0.15) is 5.10 Å². The molecule has 0 saturated carbocycles. The first-order valence-corrected chi connectivity index (χ1v) is 3.14. The number of nitrogens with zero attached hydrogens (tertiary/aromatic N) is 2. The van der Waals surface area contributed by atoms with Crippen LogP contribution < -0.4 is 5.73 Å². The van der Waals surface area contributed by atoms with Crippen molar-refractivity contribution >= 4 is 5.69 Å². The number of nitrogen functional groups attached to an aromatic ring is 1. The SMILES string of the molecule is C[C@H](O)Cn1cc(N)cn1. The van der Waals surface area contributed by atoms with Gasteiger partial charge in [-0.25, -0.2) is 0 Å². The van der Waals surface area contributed by atoms with Crippen molar-refractivity contribution in [1.29, 1.82) is 0 Å². The Kier molecular flexibility index (Phi) is 1.91. The molecule has 0 aliphatic heterocycles. The van der Waals surface area contributed by atoms with E-state index in [0.29, 0.717) is 12.2 Å². The minimum absolute atomic E-state index is 0.376. The van der Waals surface area contributed by atoms with Gasteiger partial charge in [0.1, 0.15) is 0 Å². The van der Waals surface area contributed by atoms with E-state index in [4.69, 9.17) is 10.8 Å². The summed E-state index contributed by atoms with van der Waals surface area (Å²) in [7, 11) is 0. The van der Waals surface area contributed by atoms with Crippen LogP contribution >= 0.6 is 0 Å². The lowest BCUT2D eigenvalue weighted by Gasteiger charge is -2.01. The minimum Gasteiger partial charge on any atom is -0.396 e. The number of rotatable bonds is 2. The predicted octanol–water partition coefficient (Wildman–Crippen LogP) is -0.154. The van der Waals surface area contributed by atoms with Gasteiger partial charge in [0, 0.05) is 6.20 Å². The van der Waals surface area contributed by atoms with Crippen molar-refractivity contribution in [3.63, 3.8) is 0 Å². The van der Waals surface area contributed by atoms with Crippen molar-refractivity contribution in [1.82, 2.24) is 9.78 Å². The number of nitrogens with two attached hydrogens (primary N) is 1. The lowest BCUT2D eigenvalue weighted by Crippen LogP contribution is -2.11. The van der Waals surface area contributed by atoms with Crippen LogP contribution in [-0.4, -0.2) is 21.0 Å². The highest BCUT2D eigenvalue weighted by Crippen LogP contribution is 1.98. The first-order chi connectivity index (χ1) is 4.68. The second kappa shape index (κ2) is 2.70. The summed E-state index contributed by atoms with van der Waals surface area (Å²) in [5.74, 6) is 0. The van der Waals surface area contributed by atoms with Gasteiger partial charge in [-0.1, -0.05) is 0 Å². The molecule has 4 nitrogen and oxygen atoms in total. The van der Waals surface area contributed by atoms with E-state index in [-0.39, 0.29) is 6.10 Å². The second-order valence-corrected chi connectivity index (χ2v) is 2.34. The number of aromatic nitrogens is 2. The Morgan fingerprint density at radius 3 is 3.00 bits per heavy atom. The summed E-state index contributed by atoms with van der Waals surface area (Å²) < 4.78 is 1.61. The Labute approximate surface area is 59.3 Å². The average Bonchev–Trinajstić information content (AvgIpc) is 2.13. The summed E-state index contributed by atoms with van der Waals surface area (Å²) in [4.78, 5) is 0. The van der Waals surface area contributed by atoms with Gasteiger partial charge in [-0.05, 0) is 6.92 Å². The van der Waals surface area contributed by atoms with E-state index >= 15 is 0 Å². The largest absolute Gasteiger partial charge is 0.396 e. The molecule has 4 heteroatoms. The lowest BCUT2D eigenvalue weighted by atomic mass is 10.4. The summed E-state index contributed by atoms with van der Waals surface area (Å²) in [6, 6.07) is 0. The van der Waals surface area contributed by atoms with Gasteiger partial charge in [0.15, 0.2) is 0 Å². The quantitative estimate of drug-likeness (QED) is 0.601. The van der Waals surface area contributed by atoms with Gasteiger partial charge in [-0.3, -0.25) is 4.68 Å². The molecule has 56 valence electrons. The number of hydrogen-bond donors (Lipinski definition) is 2. The molecular weight excluding hydrogens is 130 g/mol. The molecule has 0 bridgehead atoms.